The van der Waals surface area contributed by atoms with E-state index in [9.17, 15) is 9.90 Å². The van der Waals surface area contributed by atoms with Gasteiger partial charge in [-0.3, -0.25) is 10.2 Å². The number of carbonyl (C=O) groups is 1. The lowest BCUT2D eigenvalue weighted by Gasteiger charge is -2.08. The second-order valence-corrected chi connectivity index (χ2v) is 8.28. The van der Waals surface area contributed by atoms with Crippen LogP contribution in [0.5, 0.6) is 11.5 Å². The van der Waals surface area contributed by atoms with Crippen LogP contribution in [0.25, 0.3) is 16.3 Å². The number of para-hydroxylation sites is 1. The monoisotopic (exact) mass is 457 g/mol. The van der Waals surface area contributed by atoms with Crippen LogP contribution in [0.1, 0.15) is 34.0 Å². The maximum absolute atomic E-state index is 12.5. The predicted molar refractivity (Wildman–Crippen MR) is 135 cm³/mol. The fourth-order valence-electron chi connectivity index (χ4n) is 3.31. The van der Waals surface area contributed by atoms with Crippen molar-refractivity contribution in [2.24, 2.45) is 5.10 Å². The summed E-state index contributed by atoms with van der Waals surface area (Å²) < 4.78 is 6.21. The lowest BCUT2D eigenvalue weighted by molar-refractivity contribution is 0.104. The summed E-state index contributed by atoms with van der Waals surface area (Å²) in [5, 5.41) is 15.6. The smallest absolute Gasteiger partial charge is 0.204 e. The fourth-order valence-corrected chi connectivity index (χ4v) is 4.13. The van der Waals surface area contributed by atoms with Crippen molar-refractivity contribution in [1.82, 2.24) is 4.98 Å². The highest BCUT2D eigenvalue weighted by Crippen LogP contribution is 2.27. The minimum absolute atomic E-state index is 0.160. The highest BCUT2D eigenvalue weighted by Gasteiger charge is 2.08. The maximum Gasteiger partial charge on any atom is 0.204 e. The van der Waals surface area contributed by atoms with Gasteiger partial charge < -0.3 is 9.84 Å². The van der Waals surface area contributed by atoms with Gasteiger partial charge in [0.2, 0.25) is 5.13 Å². The zero-order chi connectivity index (χ0) is 23.2. The third kappa shape index (κ3) is 5.27. The Labute approximate surface area is 195 Å². The number of methoxy groups -OCH3 is 1. The Balaban J connectivity index is 1.52. The molecule has 0 aliphatic rings. The van der Waals surface area contributed by atoms with Gasteiger partial charge >= 0.3 is 0 Å². The van der Waals surface area contributed by atoms with Gasteiger partial charge in [-0.1, -0.05) is 30.4 Å². The number of nitrogens with zero attached hydrogens (tertiary/aromatic N) is 2. The summed E-state index contributed by atoms with van der Waals surface area (Å²) in [6, 6.07) is 18.5. The van der Waals surface area contributed by atoms with E-state index in [-0.39, 0.29) is 11.5 Å². The van der Waals surface area contributed by atoms with Crippen LogP contribution in [0, 0.1) is 0 Å². The molecule has 0 aliphatic heterocycles. The van der Waals surface area contributed by atoms with E-state index in [1.54, 1.807) is 49.7 Å². The standard InChI is InChI=1S/C26H23N3O3S/c1-3-18-14-17(16-27-29-26-28-22-6-4-5-7-24(22)33-26)15-20(25(18)31)10-13-23(30)19-8-11-21(32-2)12-9-19/h4-16,31H,3H2,1-2H3,(H,28,29)/b13-10+,27-16+. The number of anilines is 1. The summed E-state index contributed by atoms with van der Waals surface area (Å²) in [4.78, 5) is 17.0. The SMILES string of the molecule is CCc1cc(/C=N/Nc2nc3ccccc3s2)cc(/C=C/C(=O)c2ccc(OC)cc2)c1O. The van der Waals surface area contributed by atoms with Crippen LogP contribution in [0.3, 0.4) is 0 Å². The Kier molecular flexibility index (Phi) is 6.80. The number of aromatic nitrogens is 1. The van der Waals surface area contributed by atoms with E-state index in [4.69, 9.17) is 4.74 Å². The van der Waals surface area contributed by atoms with Gasteiger partial charge in [0.15, 0.2) is 5.78 Å². The number of aryl methyl sites for hydroxylation is 1. The second-order valence-electron chi connectivity index (χ2n) is 7.25. The van der Waals surface area contributed by atoms with E-state index in [2.05, 4.69) is 15.5 Å². The highest BCUT2D eigenvalue weighted by molar-refractivity contribution is 7.22. The van der Waals surface area contributed by atoms with Crippen LogP contribution in [0.2, 0.25) is 0 Å². The first-order chi connectivity index (χ1) is 16.1. The number of thiazole rings is 1. The molecule has 3 aromatic carbocycles. The summed E-state index contributed by atoms with van der Waals surface area (Å²) in [5.41, 5.74) is 6.56. The average molecular weight is 458 g/mol. The van der Waals surface area contributed by atoms with E-state index in [0.717, 1.165) is 21.3 Å². The van der Waals surface area contributed by atoms with Crippen molar-refractivity contribution >= 4 is 44.8 Å². The first-order valence-corrected chi connectivity index (χ1v) is 11.3. The molecule has 0 fully saturated rings. The van der Waals surface area contributed by atoms with Gasteiger partial charge in [-0.25, -0.2) is 4.98 Å². The lowest BCUT2D eigenvalue weighted by atomic mass is 10.0. The number of ketones is 1. The Morgan fingerprint density at radius 1 is 1.18 bits per heavy atom. The Bertz CT molecular complexity index is 1310. The number of phenols is 1. The van der Waals surface area contributed by atoms with Crippen LogP contribution < -0.4 is 10.2 Å². The number of hydrazone groups is 1. The first-order valence-electron chi connectivity index (χ1n) is 10.4. The van der Waals surface area contributed by atoms with Gasteiger partial charge in [-0.2, -0.15) is 5.10 Å². The molecule has 4 rings (SSSR count). The number of ether oxygens (including phenoxy) is 1. The molecule has 0 unspecified atom stereocenters. The van der Waals surface area contributed by atoms with Crippen LogP contribution >= 0.6 is 11.3 Å². The molecule has 0 saturated carbocycles. The molecule has 0 atom stereocenters. The molecule has 7 heteroatoms. The van der Waals surface area contributed by atoms with Gasteiger partial charge in [0.25, 0.3) is 0 Å². The van der Waals surface area contributed by atoms with Crippen molar-refractivity contribution in [2.75, 3.05) is 12.5 Å². The Hall–Kier alpha value is -3.97. The molecule has 0 radical (unpaired) electrons. The molecule has 0 amide bonds. The number of benzene rings is 3. The lowest BCUT2D eigenvalue weighted by Crippen LogP contribution is -1.96. The zero-order valence-electron chi connectivity index (χ0n) is 18.3. The number of phenolic OH excluding ortho intramolecular Hbond substituents is 1. The third-order valence-electron chi connectivity index (χ3n) is 5.08. The molecule has 6 nitrogen and oxygen atoms in total. The summed E-state index contributed by atoms with van der Waals surface area (Å²) in [6.07, 6.45) is 5.40. The third-order valence-corrected chi connectivity index (χ3v) is 6.02. The molecule has 1 aromatic heterocycles. The number of nitrogens with one attached hydrogen (secondary N) is 1. The normalized spacial score (nSPS) is 11.5. The van der Waals surface area contributed by atoms with E-state index in [1.165, 1.54) is 17.4 Å². The molecule has 1 heterocycles. The zero-order valence-corrected chi connectivity index (χ0v) is 19.1. The highest BCUT2D eigenvalue weighted by atomic mass is 32.1. The van der Waals surface area contributed by atoms with Crippen molar-refractivity contribution in [3.63, 3.8) is 0 Å². The van der Waals surface area contributed by atoms with E-state index >= 15 is 0 Å². The number of hydrogen-bond acceptors (Lipinski definition) is 7. The number of aromatic hydroxyl groups is 1. The summed E-state index contributed by atoms with van der Waals surface area (Å²) >= 11 is 1.52. The summed E-state index contributed by atoms with van der Waals surface area (Å²) in [5.74, 6) is 0.687. The first kappa shape index (κ1) is 22.2. The van der Waals surface area contributed by atoms with Gasteiger partial charge in [0.1, 0.15) is 11.5 Å². The van der Waals surface area contributed by atoms with Gasteiger partial charge in [-0.05, 0) is 78.2 Å². The Morgan fingerprint density at radius 3 is 2.70 bits per heavy atom. The molecular formula is C26H23N3O3S. The van der Waals surface area contributed by atoms with Crippen LogP contribution in [0.15, 0.2) is 71.8 Å². The maximum atomic E-state index is 12.5. The van der Waals surface area contributed by atoms with Gasteiger partial charge in [0, 0.05) is 11.1 Å². The minimum atomic E-state index is -0.160. The average Bonchev–Trinajstić information content (AvgIpc) is 3.26. The van der Waals surface area contributed by atoms with Crippen molar-refractivity contribution < 1.29 is 14.6 Å². The van der Waals surface area contributed by atoms with Crippen LogP contribution in [0.4, 0.5) is 5.13 Å². The van der Waals surface area contributed by atoms with E-state index in [1.807, 2.05) is 37.3 Å². The minimum Gasteiger partial charge on any atom is -0.507 e. The molecule has 33 heavy (non-hydrogen) atoms. The number of hydrogen-bond donors (Lipinski definition) is 2. The van der Waals surface area contributed by atoms with Crippen LogP contribution in [-0.2, 0) is 6.42 Å². The molecule has 0 saturated heterocycles. The number of carbonyl (C=O) groups excluding carboxylic acids is 1. The molecule has 0 bridgehead atoms. The molecular weight excluding hydrogens is 434 g/mol. The molecule has 166 valence electrons. The largest absolute Gasteiger partial charge is 0.507 e. The quantitative estimate of drug-likeness (QED) is 0.149. The van der Waals surface area contributed by atoms with Crippen molar-refractivity contribution in [3.8, 4) is 11.5 Å². The number of allylic oxidation sites excluding steroid dienone is 1. The molecule has 0 aliphatic carbocycles. The van der Waals surface area contributed by atoms with Crippen molar-refractivity contribution in [1.29, 1.82) is 0 Å². The second kappa shape index (κ2) is 10.1. The van der Waals surface area contributed by atoms with Crippen molar-refractivity contribution in [2.45, 2.75) is 13.3 Å². The number of rotatable bonds is 8. The number of fused-ring (bicyclic) bond motifs is 1. The van der Waals surface area contributed by atoms with Crippen molar-refractivity contribution in [3.05, 3.63) is 89.0 Å². The van der Waals surface area contributed by atoms with E-state index in [0.29, 0.717) is 28.4 Å². The molecule has 4 aromatic rings. The van der Waals surface area contributed by atoms with E-state index < -0.39 is 0 Å². The topological polar surface area (TPSA) is 83.8 Å². The Morgan fingerprint density at radius 2 is 1.97 bits per heavy atom. The summed E-state index contributed by atoms with van der Waals surface area (Å²) in [6.45, 7) is 1.96. The van der Waals surface area contributed by atoms with Crippen LogP contribution in [-0.4, -0.2) is 29.2 Å². The summed E-state index contributed by atoms with van der Waals surface area (Å²) in [7, 11) is 1.58. The van der Waals surface area contributed by atoms with Gasteiger partial charge in [0.05, 0.1) is 23.5 Å². The predicted octanol–water partition coefficient (Wildman–Crippen LogP) is 5.92. The van der Waals surface area contributed by atoms with Gasteiger partial charge in [-0.15, -0.1) is 0 Å². The fraction of sp³-hybridized carbons (Fsp3) is 0.115. The molecule has 0 spiro atoms. The molecule has 2 N–H and O–H groups in total.